The van der Waals surface area contributed by atoms with Crippen LogP contribution in [0.1, 0.15) is 22.3 Å². The first-order chi connectivity index (χ1) is 22.1. The molecule has 0 saturated carbocycles. The second-order valence-electron chi connectivity index (χ2n) is 10.5. The van der Waals surface area contributed by atoms with E-state index in [2.05, 4.69) is 20.5 Å². The first-order valence-electron chi connectivity index (χ1n) is 12.3. The molecule has 2 heterocycles. The maximum Gasteiger partial charge on any atom is 0.442 e. The average Bonchev–Trinajstić information content (AvgIpc) is 3.90. The van der Waals surface area contributed by atoms with Crippen molar-refractivity contribution < 1.29 is 96.6 Å². The minimum atomic E-state index is -8.81. The van der Waals surface area contributed by atoms with Gasteiger partial charge < -0.3 is 0 Å². The first-order valence-corrected chi connectivity index (χ1v) is 12.3. The Labute approximate surface area is 259 Å². The minimum Gasteiger partial charge on any atom is -0.194 e. The van der Waals surface area contributed by atoms with E-state index in [1.54, 1.807) is 0 Å². The summed E-state index contributed by atoms with van der Waals surface area (Å²) in [7, 11) is 0. The molecule has 0 fully saturated rings. The normalized spacial score (nSPS) is 18.8. The molecule has 2 aliphatic heterocycles. The van der Waals surface area contributed by atoms with E-state index in [1.807, 2.05) is 0 Å². The summed E-state index contributed by atoms with van der Waals surface area (Å²) < 4.78 is 309. The van der Waals surface area contributed by atoms with Crippen molar-refractivity contribution in [3.8, 4) is 0 Å². The highest BCUT2D eigenvalue weighted by molar-refractivity contribution is 5.37. The summed E-state index contributed by atoms with van der Waals surface area (Å²) in [6, 6.07) is -3.11. The van der Waals surface area contributed by atoms with Gasteiger partial charge in [0.25, 0.3) is 0 Å². The molecule has 278 valence electrons. The fourth-order valence-electron chi connectivity index (χ4n) is 4.25. The summed E-state index contributed by atoms with van der Waals surface area (Å²) >= 11 is 0. The number of rotatable bonds is 11. The van der Waals surface area contributed by atoms with Crippen LogP contribution in [0.25, 0.3) is 0 Å². The monoisotopic (exact) mass is 770 g/mol. The van der Waals surface area contributed by atoms with Gasteiger partial charge in [0.1, 0.15) is 0 Å². The quantitative estimate of drug-likeness (QED) is 0.204. The number of nitrogens with zero attached hydrogens (tertiary/aromatic N) is 4. The summed E-state index contributed by atoms with van der Waals surface area (Å²) in [5.41, 5.74) is -14.8. The lowest BCUT2D eigenvalue weighted by Gasteiger charge is -2.43. The van der Waals surface area contributed by atoms with Gasteiger partial charge in [-0.05, 0) is 0 Å². The van der Waals surface area contributed by atoms with Crippen LogP contribution in [-0.2, 0) is 23.2 Å². The van der Waals surface area contributed by atoms with Crippen molar-refractivity contribution in [2.45, 2.75) is 71.1 Å². The van der Waals surface area contributed by atoms with E-state index < -0.39 is 118 Å². The molecular weight excluding hydrogens is 762 g/mol. The van der Waals surface area contributed by atoms with Crippen molar-refractivity contribution >= 4 is 0 Å². The van der Waals surface area contributed by atoms with Crippen molar-refractivity contribution in [2.24, 2.45) is 20.5 Å². The molecule has 0 radical (unpaired) electrons. The third kappa shape index (κ3) is 4.77. The maximum absolute atomic E-state index is 14.5. The summed E-state index contributed by atoms with van der Waals surface area (Å²) in [6.45, 7) is 0. The number of alkyl halides is 22. The van der Waals surface area contributed by atoms with E-state index >= 15 is 0 Å². The lowest BCUT2D eigenvalue weighted by atomic mass is 9.84. The molecular formula is C24H8F22N4. The van der Waals surface area contributed by atoms with Crippen LogP contribution in [0.3, 0.4) is 0 Å². The molecule has 0 N–H and O–H groups in total. The van der Waals surface area contributed by atoms with Crippen molar-refractivity contribution in [2.75, 3.05) is 0 Å². The second kappa shape index (κ2) is 10.3. The second-order valence-corrected chi connectivity index (χ2v) is 10.5. The molecule has 26 heteroatoms. The van der Waals surface area contributed by atoms with E-state index in [-0.39, 0.29) is 24.3 Å². The lowest BCUT2D eigenvalue weighted by molar-refractivity contribution is -0.456. The van der Waals surface area contributed by atoms with Gasteiger partial charge in [-0.3, -0.25) is 0 Å². The number of hydrogen-bond donors (Lipinski definition) is 0. The third-order valence-corrected chi connectivity index (χ3v) is 7.45. The van der Waals surface area contributed by atoms with E-state index in [4.69, 9.17) is 0 Å². The van der Waals surface area contributed by atoms with Crippen molar-refractivity contribution in [3.63, 3.8) is 0 Å². The van der Waals surface area contributed by atoms with Gasteiger partial charge in [-0.1, -0.05) is 48.5 Å². The van der Waals surface area contributed by atoms with Crippen LogP contribution in [0.5, 0.6) is 0 Å². The van der Waals surface area contributed by atoms with Gasteiger partial charge in [0.2, 0.25) is 0 Å². The highest BCUT2D eigenvalue weighted by Crippen LogP contribution is 2.66. The molecule has 2 aromatic rings. The molecule has 2 aromatic carbocycles. The third-order valence-electron chi connectivity index (χ3n) is 7.45. The standard InChI is InChI=1S/C24H8F22N4/c25-13(26,9-1-5-11(6-2-9)15(47-48-15)23(41,42)43)17(29,30)19(33,34)21(37,38)22(39,40)20(35,36)18(31,32)14(27,28)10-3-7-12(8-4-10)16(49-50-16)24(44,45)46/h1-8H. The SMILES string of the molecule is FC(F)(F)C1(c2ccc(C(F)(F)C(F)(F)C(F)(F)C(F)(F)C(F)(F)C(F)(F)C(F)(F)C(F)(F)c3ccc(C4(C(F)(F)F)N=N4)cc3)cc2)N=N1. The van der Waals surface area contributed by atoms with Gasteiger partial charge in [0, 0.05) is 22.3 Å². The molecule has 0 atom stereocenters. The summed E-state index contributed by atoms with van der Waals surface area (Å²) in [6.07, 6.45) is -10.8. The first kappa shape index (κ1) is 38.9. The number of halogens is 22. The molecule has 0 unspecified atom stereocenters. The Morgan fingerprint density at radius 1 is 0.300 bits per heavy atom. The topological polar surface area (TPSA) is 49.4 Å². The Balaban J connectivity index is 1.69. The predicted octanol–water partition coefficient (Wildman–Crippen LogP) is 10.7. The largest absolute Gasteiger partial charge is 0.442 e. The predicted molar refractivity (Wildman–Crippen MR) is 116 cm³/mol. The summed E-state index contributed by atoms with van der Waals surface area (Å²) in [5.74, 6) is -64.8. The zero-order valence-electron chi connectivity index (χ0n) is 22.7. The van der Waals surface area contributed by atoms with Crippen LogP contribution >= 0.6 is 0 Å². The molecule has 0 aromatic heterocycles. The molecule has 0 saturated heterocycles. The van der Waals surface area contributed by atoms with Crippen LogP contribution in [0, 0.1) is 0 Å². The van der Waals surface area contributed by atoms with Crippen LogP contribution in [0.2, 0.25) is 0 Å². The van der Waals surface area contributed by atoms with E-state index in [1.165, 1.54) is 0 Å². The molecule has 50 heavy (non-hydrogen) atoms. The highest BCUT2D eigenvalue weighted by Gasteiger charge is 2.95. The van der Waals surface area contributed by atoms with Gasteiger partial charge in [-0.2, -0.15) is 96.6 Å². The maximum atomic E-state index is 14.5. The summed E-state index contributed by atoms with van der Waals surface area (Å²) in [4.78, 5) is 0. The Bertz CT molecular complexity index is 1550. The van der Waals surface area contributed by atoms with Gasteiger partial charge in [-0.25, -0.2) is 0 Å². The van der Waals surface area contributed by atoms with Crippen molar-refractivity contribution in [1.29, 1.82) is 0 Å². The van der Waals surface area contributed by atoms with Gasteiger partial charge in [0.15, 0.2) is 0 Å². The van der Waals surface area contributed by atoms with Crippen LogP contribution in [0.15, 0.2) is 69.0 Å². The molecule has 4 rings (SSSR count). The lowest BCUT2D eigenvalue weighted by Crippen LogP contribution is -2.74. The Morgan fingerprint density at radius 2 is 0.500 bits per heavy atom. The number of hydrogen-bond acceptors (Lipinski definition) is 4. The van der Waals surface area contributed by atoms with Crippen molar-refractivity contribution in [3.05, 3.63) is 70.8 Å². The zero-order valence-corrected chi connectivity index (χ0v) is 22.7. The fourth-order valence-corrected chi connectivity index (χ4v) is 4.25. The Hall–Kier alpha value is -3.90. The van der Waals surface area contributed by atoms with E-state index in [0.717, 1.165) is 0 Å². The molecule has 2 aliphatic rings. The van der Waals surface area contributed by atoms with E-state index in [9.17, 15) is 96.6 Å². The molecule has 0 aliphatic carbocycles. The molecule has 0 amide bonds. The minimum absolute atomic E-state index is 0.196. The smallest absolute Gasteiger partial charge is 0.194 e. The van der Waals surface area contributed by atoms with Gasteiger partial charge in [-0.15, -0.1) is 20.5 Å². The molecule has 0 bridgehead atoms. The Morgan fingerprint density at radius 3 is 0.680 bits per heavy atom. The van der Waals surface area contributed by atoms with Crippen LogP contribution < -0.4 is 0 Å². The van der Waals surface area contributed by atoms with Crippen molar-refractivity contribution in [1.82, 2.24) is 0 Å². The Kier molecular flexibility index (Phi) is 8.04. The molecule has 4 nitrogen and oxygen atoms in total. The fraction of sp³-hybridized carbons (Fsp3) is 0.500. The summed E-state index contributed by atoms with van der Waals surface area (Å²) in [5, 5.41) is 10.2. The van der Waals surface area contributed by atoms with E-state index in [0.29, 0.717) is 0 Å². The highest BCUT2D eigenvalue weighted by atomic mass is 19.4. The van der Waals surface area contributed by atoms with Gasteiger partial charge >= 0.3 is 71.1 Å². The van der Waals surface area contributed by atoms with Crippen LogP contribution in [-0.4, -0.2) is 47.9 Å². The van der Waals surface area contributed by atoms with Crippen LogP contribution in [0.4, 0.5) is 96.6 Å². The zero-order chi connectivity index (χ0) is 38.8. The van der Waals surface area contributed by atoms with Gasteiger partial charge in [0.05, 0.1) is 0 Å². The average molecular weight is 770 g/mol. The number of benzene rings is 2. The molecule has 0 spiro atoms.